The van der Waals surface area contributed by atoms with Gasteiger partial charge in [-0.2, -0.15) is 0 Å². The van der Waals surface area contributed by atoms with Crippen LogP contribution in [-0.2, 0) is 6.42 Å². The van der Waals surface area contributed by atoms with Crippen molar-refractivity contribution in [1.82, 2.24) is 9.97 Å². The molecule has 96 valence electrons. The number of hydrogen-bond donors (Lipinski definition) is 0. The van der Waals surface area contributed by atoms with Crippen LogP contribution in [0.1, 0.15) is 19.5 Å². The Labute approximate surface area is 127 Å². The summed E-state index contributed by atoms with van der Waals surface area (Å²) in [6.45, 7) is 4.27. The molecule has 2 aromatic rings. The maximum atomic E-state index is 6.01. The standard InChI is InChI=1S/C12H11Br2ClN2O/c1-6(2)3-7-4-10(15)17-12(16-7)9-5-8(13)11(14)18-9/h4-6H,3H2,1-2H3. The summed E-state index contributed by atoms with van der Waals surface area (Å²) < 4.78 is 6.94. The molecule has 0 saturated heterocycles. The third-order valence-corrected chi connectivity index (χ3v) is 4.13. The predicted octanol–water partition coefficient (Wildman–Crippen LogP) is 5.11. The fraction of sp³-hybridized carbons (Fsp3) is 0.333. The zero-order valence-corrected chi connectivity index (χ0v) is 13.8. The summed E-state index contributed by atoms with van der Waals surface area (Å²) in [7, 11) is 0. The average molecular weight is 394 g/mol. The lowest BCUT2D eigenvalue weighted by Gasteiger charge is -2.05. The second-order valence-corrected chi connectivity index (χ2v) is 6.30. The van der Waals surface area contributed by atoms with Gasteiger partial charge in [0.1, 0.15) is 5.15 Å². The Kier molecular flexibility index (Phi) is 4.45. The van der Waals surface area contributed by atoms with Crippen molar-refractivity contribution in [2.24, 2.45) is 5.92 Å². The van der Waals surface area contributed by atoms with Crippen LogP contribution < -0.4 is 0 Å². The molecule has 0 aliphatic heterocycles. The van der Waals surface area contributed by atoms with E-state index in [-0.39, 0.29) is 0 Å². The smallest absolute Gasteiger partial charge is 0.197 e. The van der Waals surface area contributed by atoms with Crippen LogP contribution in [0.2, 0.25) is 5.15 Å². The molecule has 2 heterocycles. The first-order valence-corrected chi connectivity index (χ1v) is 7.40. The molecule has 3 nitrogen and oxygen atoms in total. The van der Waals surface area contributed by atoms with Crippen molar-refractivity contribution < 1.29 is 4.42 Å². The third kappa shape index (κ3) is 3.33. The number of rotatable bonds is 3. The molecule has 2 rings (SSSR count). The van der Waals surface area contributed by atoms with Gasteiger partial charge in [-0.05, 0) is 50.3 Å². The van der Waals surface area contributed by atoms with Crippen LogP contribution in [0.5, 0.6) is 0 Å². The summed E-state index contributed by atoms with van der Waals surface area (Å²) in [4.78, 5) is 8.65. The van der Waals surface area contributed by atoms with Gasteiger partial charge in [-0.15, -0.1) is 0 Å². The minimum absolute atomic E-state index is 0.430. The lowest BCUT2D eigenvalue weighted by atomic mass is 10.1. The van der Waals surface area contributed by atoms with E-state index >= 15 is 0 Å². The number of aromatic nitrogens is 2. The number of furan rings is 1. The Hall–Kier alpha value is -0.390. The molecule has 0 N–H and O–H groups in total. The summed E-state index contributed by atoms with van der Waals surface area (Å²) in [5.74, 6) is 1.60. The van der Waals surface area contributed by atoms with Gasteiger partial charge in [0, 0.05) is 11.8 Å². The van der Waals surface area contributed by atoms with Crippen molar-refractivity contribution in [2.75, 3.05) is 0 Å². The molecule has 0 aromatic carbocycles. The molecule has 0 amide bonds. The van der Waals surface area contributed by atoms with Crippen LogP contribution in [0.15, 0.2) is 25.7 Å². The predicted molar refractivity (Wildman–Crippen MR) is 78.7 cm³/mol. The van der Waals surface area contributed by atoms with Gasteiger partial charge < -0.3 is 4.42 Å². The molecule has 0 fully saturated rings. The maximum absolute atomic E-state index is 6.01. The van der Waals surface area contributed by atoms with E-state index in [1.807, 2.05) is 6.07 Å². The molecule has 0 bridgehead atoms. The first kappa shape index (κ1) is 14.0. The summed E-state index contributed by atoms with van der Waals surface area (Å²) >= 11 is 12.7. The van der Waals surface area contributed by atoms with Gasteiger partial charge >= 0.3 is 0 Å². The Morgan fingerprint density at radius 2 is 2.00 bits per heavy atom. The van der Waals surface area contributed by atoms with Crippen molar-refractivity contribution in [3.63, 3.8) is 0 Å². The summed E-state index contributed by atoms with van der Waals surface area (Å²) in [5.41, 5.74) is 0.920. The van der Waals surface area contributed by atoms with Gasteiger partial charge in [-0.1, -0.05) is 25.4 Å². The van der Waals surface area contributed by atoms with E-state index in [4.69, 9.17) is 16.0 Å². The molecule has 0 aliphatic carbocycles. The first-order valence-electron chi connectivity index (χ1n) is 5.44. The van der Waals surface area contributed by atoms with E-state index < -0.39 is 0 Å². The average Bonchev–Trinajstić information content (AvgIpc) is 2.57. The highest BCUT2D eigenvalue weighted by Crippen LogP contribution is 2.31. The van der Waals surface area contributed by atoms with Crippen molar-refractivity contribution in [3.05, 3.63) is 32.1 Å². The highest BCUT2D eigenvalue weighted by atomic mass is 79.9. The molecule has 0 saturated carbocycles. The number of nitrogens with zero attached hydrogens (tertiary/aromatic N) is 2. The van der Waals surface area contributed by atoms with Gasteiger partial charge in [0.05, 0.1) is 4.47 Å². The van der Waals surface area contributed by atoms with E-state index in [0.717, 1.165) is 16.6 Å². The lowest BCUT2D eigenvalue weighted by molar-refractivity contribution is 0.548. The van der Waals surface area contributed by atoms with Crippen LogP contribution >= 0.6 is 43.5 Å². The summed E-state index contributed by atoms with van der Waals surface area (Å²) in [6.07, 6.45) is 0.859. The first-order chi connectivity index (χ1) is 8.45. The Morgan fingerprint density at radius 3 is 2.56 bits per heavy atom. The molecule has 0 aliphatic rings. The molecular weight excluding hydrogens is 383 g/mol. The summed E-state index contributed by atoms with van der Waals surface area (Å²) in [6, 6.07) is 3.60. The Bertz CT molecular complexity index is 550. The fourth-order valence-corrected chi connectivity index (χ4v) is 2.34. The van der Waals surface area contributed by atoms with Gasteiger partial charge in [-0.25, -0.2) is 9.97 Å². The highest BCUT2D eigenvalue weighted by Gasteiger charge is 2.13. The van der Waals surface area contributed by atoms with Crippen LogP contribution in [0.4, 0.5) is 0 Å². The second kappa shape index (κ2) is 5.72. The fourth-order valence-electron chi connectivity index (χ4n) is 1.55. The normalized spacial score (nSPS) is 11.2. The number of hydrogen-bond acceptors (Lipinski definition) is 3. The maximum Gasteiger partial charge on any atom is 0.197 e. The van der Waals surface area contributed by atoms with Gasteiger partial charge in [0.25, 0.3) is 0 Å². The van der Waals surface area contributed by atoms with E-state index in [1.54, 1.807) is 6.07 Å². The van der Waals surface area contributed by atoms with Gasteiger partial charge in [0.2, 0.25) is 0 Å². The van der Waals surface area contributed by atoms with Crippen LogP contribution in [-0.4, -0.2) is 9.97 Å². The zero-order valence-electron chi connectivity index (χ0n) is 9.88. The monoisotopic (exact) mass is 392 g/mol. The highest BCUT2D eigenvalue weighted by molar-refractivity contribution is 9.13. The van der Waals surface area contributed by atoms with E-state index in [1.165, 1.54) is 0 Å². The van der Waals surface area contributed by atoms with E-state index in [0.29, 0.717) is 27.3 Å². The summed E-state index contributed by atoms with van der Waals surface area (Å²) in [5, 5.41) is 0.430. The molecular formula is C12H11Br2ClN2O. The molecule has 2 aromatic heterocycles. The van der Waals surface area contributed by atoms with Crippen LogP contribution in [0, 0.1) is 5.92 Å². The van der Waals surface area contributed by atoms with Crippen LogP contribution in [0.25, 0.3) is 11.6 Å². The lowest BCUT2D eigenvalue weighted by Crippen LogP contribution is -2.00. The largest absolute Gasteiger partial charge is 0.445 e. The molecule has 0 unspecified atom stereocenters. The molecule has 0 atom stereocenters. The minimum Gasteiger partial charge on any atom is -0.445 e. The topological polar surface area (TPSA) is 38.9 Å². The quantitative estimate of drug-likeness (QED) is 0.679. The molecule has 6 heteroatoms. The Morgan fingerprint density at radius 1 is 1.28 bits per heavy atom. The second-order valence-electron chi connectivity index (χ2n) is 4.34. The Balaban J connectivity index is 2.41. The van der Waals surface area contributed by atoms with Crippen molar-refractivity contribution in [3.8, 4) is 11.6 Å². The van der Waals surface area contributed by atoms with Gasteiger partial charge in [-0.3, -0.25) is 0 Å². The van der Waals surface area contributed by atoms with Crippen molar-refractivity contribution in [2.45, 2.75) is 20.3 Å². The SMILES string of the molecule is CC(C)Cc1cc(Cl)nc(-c2cc(Br)c(Br)o2)n1. The molecule has 18 heavy (non-hydrogen) atoms. The number of halogens is 3. The van der Waals surface area contributed by atoms with Gasteiger partial charge in [0.15, 0.2) is 16.3 Å². The van der Waals surface area contributed by atoms with E-state index in [9.17, 15) is 0 Å². The van der Waals surface area contributed by atoms with Crippen LogP contribution in [0.3, 0.4) is 0 Å². The van der Waals surface area contributed by atoms with Crippen molar-refractivity contribution in [1.29, 1.82) is 0 Å². The third-order valence-electron chi connectivity index (χ3n) is 2.23. The zero-order chi connectivity index (χ0) is 13.3. The van der Waals surface area contributed by atoms with E-state index in [2.05, 4.69) is 55.7 Å². The minimum atomic E-state index is 0.430. The molecule has 0 spiro atoms. The van der Waals surface area contributed by atoms with Crippen molar-refractivity contribution >= 4 is 43.5 Å². The molecule has 0 radical (unpaired) electrons.